The largest absolute Gasteiger partial charge is 0.508 e. The van der Waals surface area contributed by atoms with Crippen LogP contribution in [0.25, 0.3) is 10.9 Å². The maximum atomic E-state index is 13.5. The number of nitrogens with zero attached hydrogens (tertiary/aromatic N) is 1. The Kier molecular flexibility index (Phi) is 5.47. The fourth-order valence-electron chi connectivity index (χ4n) is 3.70. The van der Waals surface area contributed by atoms with E-state index < -0.39 is 33.8 Å². The number of benzene rings is 2. The van der Waals surface area contributed by atoms with Crippen LogP contribution < -0.4 is 5.32 Å². The van der Waals surface area contributed by atoms with Gasteiger partial charge in [-0.2, -0.15) is 13.2 Å². The molecule has 176 valence electrons. The van der Waals surface area contributed by atoms with E-state index in [1.165, 1.54) is 18.2 Å². The van der Waals surface area contributed by atoms with Crippen molar-refractivity contribution in [3.8, 4) is 5.75 Å². The third kappa shape index (κ3) is 4.57. The summed E-state index contributed by atoms with van der Waals surface area (Å²) in [6.45, 7) is 3.48. The topological polar surface area (TPSA) is 88.4 Å². The van der Waals surface area contributed by atoms with E-state index in [-0.39, 0.29) is 39.5 Å². The normalized spacial score (nSPS) is 15.5. The molecule has 0 atom stereocenters. The van der Waals surface area contributed by atoms with E-state index >= 15 is 0 Å². The van der Waals surface area contributed by atoms with Gasteiger partial charge in [-0.05, 0) is 44.0 Å². The first kappa shape index (κ1) is 23.2. The predicted molar refractivity (Wildman–Crippen MR) is 116 cm³/mol. The van der Waals surface area contributed by atoms with E-state index in [0.29, 0.717) is 0 Å². The highest BCUT2D eigenvalue weighted by atomic mass is 32.2. The second-order valence-corrected chi connectivity index (χ2v) is 10.6. The van der Waals surface area contributed by atoms with Gasteiger partial charge >= 0.3 is 6.18 Å². The molecular formula is C23H23F3N2O4S. The summed E-state index contributed by atoms with van der Waals surface area (Å²) in [5.74, 6) is -0.869. The van der Waals surface area contributed by atoms with E-state index in [4.69, 9.17) is 0 Å². The number of rotatable bonds is 6. The molecule has 2 N–H and O–H groups in total. The molecule has 0 radical (unpaired) electrons. The van der Waals surface area contributed by atoms with E-state index in [1.54, 1.807) is 19.1 Å². The average Bonchev–Trinajstić information content (AvgIpc) is 3.36. The fraction of sp³-hybridized carbons (Fsp3) is 0.348. The highest BCUT2D eigenvalue weighted by Crippen LogP contribution is 2.45. The van der Waals surface area contributed by atoms with Gasteiger partial charge in [0.05, 0.1) is 29.1 Å². The zero-order chi connectivity index (χ0) is 24.2. The van der Waals surface area contributed by atoms with Crippen molar-refractivity contribution < 1.29 is 31.5 Å². The monoisotopic (exact) mass is 480 g/mol. The lowest BCUT2D eigenvalue weighted by Crippen LogP contribution is -2.31. The molecule has 6 nitrogen and oxygen atoms in total. The van der Waals surface area contributed by atoms with E-state index in [9.17, 15) is 31.5 Å². The lowest BCUT2D eigenvalue weighted by molar-refractivity contribution is -0.127. The number of alkyl halides is 3. The third-order valence-electron chi connectivity index (χ3n) is 5.96. The summed E-state index contributed by atoms with van der Waals surface area (Å²) in [6.07, 6.45) is -4.43. The van der Waals surface area contributed by atoms with Gasteiger partial charge in [-0.1, -0.05) is 24.6 Å². The van der Waals surface area contributed by atoms with Crippen molar-refractivity contribution in [2.24, 2.45) is 5.41 Å². The molecule has 0 saturated heterocycles. The number of fused-ring (bicyclic) bond motifs is 1. The molecule has 33 heavy (non-hydrogen) atoms. The number of hydrogen-bond acceptors (Lipinski definition) is 4. The molecule has 3 aromatic rings. The van der Waals surface area contributed by atoms with Crippen molar-refractivity contribution in [2.75, 3.05) is 0 Å². The van der Waals surface area contributed by atoms with Crippen LogP contribution in [0.5, 0.6) is 5.75 Å². The molecule has 1 aliphatic rings. The molecule has 2 aromatic carbocycles. The van der Waals surface area contributed by atoms with Crippen LogP contribution in [0.2, 0.25) is 0 Å². The highest BCUT2D eigenvalue weighted by Gasteiger charge is 2.44. The summed E-state index contributed by atoms with van der Waals surface area (Å²) < 4.78 is 66.7. The first-order valence-corrected chi connectivity index (χ1v) is 11.8. The van der Waals surface area contributed by atoms with Crippen molar-refractivity contribution in [1.29, 1.82) is 0 Å². The Morgan fingerprint density at radius 3 is 2.36 bits per heavy atom. The Labute approximate surface area is 189 Å². The van der Waals surface area contributed by atoms with Gasteiger partial charge in [0.15, 0.2) is 0 Å². The molecule has 0 bridgehead atoms. The lowest BCUT2D eigenvalue weighted by Gasteiger charge is -2.15. The van der Waals surface area contributed by atoms with Gasteiger partial charge in [0.2, 0.25) is 5.91 Å². The van der Waals surface area contributed by atoms with Gasteiger partial charge in [-0.25, -0.2) is 12.4 Å². The molecule has 4 rings (SSSR count). The van der Waals surface area contributed by atoms with Crippen LogP contribution in [0.1, 0.15) is 36.6 Å². The molecule has 0 unspecified atom stereocenters. The Morgan fingerprint density at radius 1 is 1.15 bits per heavy atom. The van der Waals surface area contributed by atoms with Crippen LogP contribution in [-0.4, -0.2) is 29.6 Å². The number of phenols is 1. The second-order valence-electron chi connectivity index (χ2n) is 8.79. The molecule has 1 fully saturated rings. The Morgan fingerprint density at radius 2 is 1.79 bits per heavy atom. The summed E-state index contributed by atoms with van der Waals surface area (Å²) in [4.78, 5) is 12.4. The SMILES string of the molecule is Cc1ccc(S(=O)(=O)n2c(CNC(=O)C3(C)CC3)cc3cc(CC(F)(F)F)c(O)cc32)cc1. The van der Waals surface area contributed by atoms with E-state index in [2.05, 4.69) is 5.32 Å². The van der Waals surface area contributed by atoms with E-state index in [1.807, 2.05) is 6.92 Å². The molecule has 0 spiro atoms. The number of aromatic hydroxyl groups is 1. The maximum Gasteiger partial charge on any atom is 0.393 e. The molecule has 1 amide bonds. The van der Waals surface area contributed by atoms with Gasteiger partial charge in [-0.15, -0.1) is 0 Å². The summed E-state index contributed by atoms with van der Waals surface area (Å²) in [5, 5.41) is 13.2. The zero-order valence-corrected chi connectivity index (χ0v) is 18.8. The Bertz CT molecular complexity index is 1340. The van der Waals surface area contributed by atoms with Gasteiger partial charge in [0.25, 0.3) is 10.0 Å². The lowest BCUT2D eigenvalue weighted by atomic mass is 10.1. The van der Waals surface area contributed by atoms with Gasteiger partial charge in [-0.3, -0.25) is 4.79 Å². The number of carbonyl (C=O) groups excluding carboxylic acids is 1. The Hall–Kier alpha value is -3.01. The van der Waals surface area contributed by atoms with Gasteiger partial charge in [0.1, 0.15) is 5.75 Å². The molecule has 1 saturated carbocycles. The number of phenolic OH excluding ortho intramolecular Hbond substituents is 1. The predicted octanol–water partition coefficient (Wildman–Crippen LogP) is 4.41. The average molecular weight is 481 g/mol. The van der Waals surface area contributed by atoms with Crippen LogP contribution in [0.4, 0.5) is 13.2 Å². The molecular weight excluding hydrogens is 457 g/mol. The number of nitrogens with one attached hydrogen (secondary N) is 1. The number of aryl methyl sites for hydroxylation is 1. The minimum absolute atomic E-state index is 0.0220. The highest BCUT2D eigenvalue weighted by molar-refractivity contribution is 7.90. The third-order valence-corrected chi connectivity index (χ3v) is 7.74. The van der Waals surface area contributed by atoms with Crippen molar-refractivity contribution in [3.63, 3.8) is 0 Å². The maximum absolute atomic E-state index is 13.5. The minimum Gasteiger partial charge on any atom is -0.508 e. The minimum atomic E-state index is -4.54. The van der Waals surface area contributed by atoms with Crippen molar-refractivity contribution >= 4 is 26.8 Å². The van der Waals surface area contributed by atoms with Crippen LogP contribution in [0.15, 0.2) is 47.4 Å². The van der Waals surface area contributed by atoms with Crippen LogP contribution in [0.3, 0.4) is 0 Å². The first-order chi connectivity index (χ1) is 15.3. The standard InChI is InChI=1S/C23H23F3N2O4S/c1-14-3-5-18(6-4-14)33(31,32)28-17(13-27-21(30)22(2)7-8-22)10-15-9-16(12-23(24,25)26)20(29)11-19(15)28/h3-6,9-11,29H,7-8,12-13H2,1-2H3,(H,27,30). The molecule has 0 aliphatic heterocycles. The molecule has 1 aromatic heterocycles. The van der Waals surface area contributed by atoms with E-state index in [0.717, 1.165) is 34.5 Å². The quantitative estimate of drug-likeness (QED) is 0.547. The molecule has 1 aliphatic carbocycles. The Balaban J connectivity index is 1.84. The summed E-state index contributed by atoms with van der Waals surface area (Å²) in [5.41, 5.74) is 0.213. The summed E-state index contributed by atoms with van der Waals surface area (Å²) >= 11 is 0. The number of aromatic nitrogens is 1. The zero-order valence-electron chi connectivity index (χ0n) is 18.0. The number of amides is 1. The summed E-state index contributed by atoms with van der Waals surface area (Å²) in [7, 11) is -4.17. The summed E-state index contributed by atoms with van der Waals surface area (Å²) in [6, 6.07) is 9.71. The molecule has 10 heteroatoms. The van der Waals surface area contributed by atoms with Crippen LogP contribution in [-0.2, 0) is 27.8 Å². The van der Waals surface area contributed by atoms with Gasteiger partial charge < -0.3 is 10.4 Å². The van der Waals surface area contributed by atoms with Crippen molar-refractivity contribution in [2.45, 2.75) is 50.7 Å². The number of halogens is 3. The van der Waals surface area contributed by atoms with Crippen molar-refractivity contribution in [3.05, 3.63) is 59.3 Å². The van der Waals surface area contributed by atoms with Crippen molar-refractivity contribution in [1.82, 2.24) is 9.29 Å². The fourth-order valence-corrected chi connectivity index (χ4v) is 5.24. The van der Waals surface area contributed by atoms with Crippen LogP contribution >= 0.6 is 0 Å². The first-order valence-electron chi connectivity index (χ1n) is 10.3. The second kappa shape index (κ2) is 7.79. The van der Waals surface area contributed by atoms with Gasteiger partial charge in [0, 0.05) is 22.4 Å². The van der Waals surface area contributed by atoms with Crippen LogP contribution in [0, 0.1) is 12.3 Å². The smallest absolute Gasteiger partial charge is 0.393 e. The number of hydrogen-bond donors (Lipinski definition) is 2. The molecule has 1 heterocycles. The number of carbonyl (C=O) groups is 1.